The highest BCUT2D eigenvalue weighted by Crippen LogP contribution is 2.38. The van der Waals surface area contributed by atoms with Gasteiger partial charge in [-0.05, 0) is 18.6 Å². The molecule has 1 aromatic carbocycles. The summed E-state index contributed by atoms with van der Waals surface area (Å²) < 4.78 is 15.5. The summed E-state index contributed by atoms with van der Waals surface area (Å²) >= 11 is 0. The van der Waals surface area contributed by atoms with Crippen molar-refractivity contribution in [3.8, 4) is 0 Å². The van der Waals surface area contributed by atoms with Crippen LogP contribution >= 0.6 is 0 Å². The van der Waals surface area contributed by atoms with Gasteiger partial charge in [-0.15, -0.1) is 0 Å². The summed E-state index contributed by atoms with van der Waals surface area (Å²) in [6, 6.07) is 4.78. The Bertz CT molecular complexity index is 756. The quantitative estimate of drug-likeness (QED) is 0.866. The SMILES string of the molecule is Cn1c(CCNC(=O)C2CC2C(=O)O)nc2c(F)cccc21. The third-order valence-electron chi connectivity index (χ3n) is 4.05. The van der Waals surface area contributed by atoms with Crippen LogP contribution in [0, 0.1) is 17.7 Å². The first kappa shape index (κ1) is 14.5. The molecule has 0 radical (unpaired) electrons. The maximum absolute atomic E-state index is 13.7. The molecule has 0 spiro atoms. The van der Waals surface area contributed by atoms with Gasteiger partial charge in [-0.3, -0.25) is 9.59 Å². The van der Waals surface area contributed by atoms with Crippen molar-refractivity contribution < 1.29 is 19.1 Å². The van der Waals surface area contributed by atoms with Crippen LogP contribution in [0.2, 0.25) is 0 Å². The van der Waals surface area contributed by atoms with Gasteiger partial charge in [0.05, 0.1) is 17.4 Å². The zero-order valence-corrected chi connectivity index (χ0v) is 12.0. The van der Waals surface area contributed by atoms with Crippen LogP contribution in [0.4, 0.5) is 4.39 Å². The van der Waals surface area contributed by atoms with Gasteiger partial charge < -0.3 is 15.0 Å². The van der Waals surface area contributed by atoms with Gasteiger partial charge in [0.25, 0.3) is 0 Å². The number of aromatic nitrogens is 2. The fourth-order valence-corrected chi connectivity index (χ4v) is 2.64. The van der Waals surface area contributed by atoms with E-state index in [0.717, 1.165) is 0 Å². The van der Waals surface area contributed by atoms with Crippen molar-refractivity contribution in [1.82, 2.24) is 14.9 Å². The molecule has 116 valence electrons. The molecule has 0 saturated heterocycles. The van der Waals surface area contributed by atoms with Crippen LogP contribution in [0.25, 0.3) is 11.0 Å². The lowest BCUT2D eigenvalue weighted by Crippen LogP contribution is -2.28. The summed E-state index contributed by atoms with van der Waals surface area (Å²) in [6.07, 6.45) is 0.861. The van der Waals surface area contributed by atoms with Crippen LogP contribution in [-0.4, -0.2) is 33.1 Å². The van der Waals surface area contributed by atoms with Gasteiger partial charge in [-0.25, -0.2) is 9.37 Å². The molecule has 22 heavy (non-hydrogen) atoms. The second kappa shape index (κ2) is 5.40. The first-order valence-electron chi connectivity index (χ1n) is 7.09. The van der Waals surface area contributed by atoms with Crippen LogP contribution in [-0.2, 0) is 23.1 Å². The Morgan fingerprint density at radius 1 is 1.45 bits per heavy atom. The van der Waals surface area contributed by atoms with E-state index in [4.69, 9.17) is 5.11 Å². The van der Waals surface area contributed by atoms with Crippen molar-refractivity contribution in [3.63, 3.8) is 0 Å². The minimum Gasteiger partial charge on any atom is -0.481 e. The molecule has 1 aromatic heterocycles. The minimum atomic E-state index is -0.925. The maximum atomic E-state index is 13.7. The number of benzene rings is 1. The number of nitrogens with one attached hydrogen (secondary N) is 1. The number of para-hydroxylation sites is 1. The molecule has 0 bridgehead atoms. The third kappa shape index (κ3) is 2.54. The number of halogens is 1. The first-order chi connectivity index (χ1) is 10.5. The highest BCUT2D eigenvalue weighted by atomic mass is 19.1. The molecule has 2 unspecified atom stereocenters. The predicted molar refractivity (Wildman–Crippen MR) is 76.6 cm³/mol. The molecule has 1 aliphatic carbocycles. The van der Waals surface area contributed by atoms with Crippen molar-refractivity contribution in [2.24, 2.45) is 18.9 Å². The maximum Gasteiger partial charge on any atom is 0.307 e. The van der Waals surface area contributed by atoms with Gasteiger partial charge >= 0.3 is 5.97 Å². The van der Waals surface area contributed by atoms with E-state index in [9.17, 15) is 14.0 Å². The van der Waals surface area contributed by atoms with Crippen molar-refractivity contribution >= 4 is 22.9 Å². The summed E-state index contributed by atoms with van der Waals surface area (Å²) in [5.74, 6) is -1.83. The van der Waals surface area contributed by atoms with E-state index in [2.05, 4.69) is 10.3 Å². The van der Waals surface area contributed by atoms with Crippen LogP contribution < -0.4 is 5.32 Å². The van der Waals surface area contributed by atoms with Crippen molar-refractivity contribution in [2.45, 2.75) is 12.8 Å². The summed E-state index contributed by atoms with van der Waals surface area (Å²) in [4.78, 5) is 26.7. The van der Waals surface area contributed by atoms with E-state index in [0.29, 0.717) is 36.2 Å². The molecule has 3 rings (SSSR count). The lowest BCUT2D eigenvalue weighted by Gasteiger charge is -2.05. The van der Waals surface area contributed by atoms with Crippen LogP contribution in [0.5, 0.6) is 0 Å². The Kier molecular flexibility index (Phi) is 3.56. The number of aryl methyl sites for hydroxylation is 1. The van der Waals surface area contributed by atoms with Gasteiger partial charge in [0.2, 0.25) is 5.91 Å². The van der Waals surface area contributed by atoms with Crippen molar-refractivity contribution in [2.75, 3.05) is 6.54 Å². The number of hydrogen-bond acceptors (Lipinski definition) is 3. The number of amides is 1. The number of fused-ring (bicyclic) bond motifs is 1. The van der Waals surface area contributed by atoms with Gasteiger partial charge in [-0.2, -0.15) is 0 Å². The molecule has 2 N–H and O–H groups in total. The molecule has 1 heterocycles. The Balaban J connectivity index is 1.61. The molecule has 6 nitrogen and oxygen atoms in total. The smallest absolute Gasteiger partial charge is 0.307 e. The van der Waals surface area contributed by atoms with E-state index in [1.54, 1.807) is 23.7 Å². The Hall–Kier alpha value is -2.44. The number of aliphatic carboxylic acids is 1. The second-order valence-corrected chi connectivity index (χ2v) is 5.52. The highest BCUT2D eigenvalue weighted by Gasteiger charge is 2.48. The number of nitrogens with zero attached hydrogens (tertiary/aromatic N) is 2. The lowest BCUT2D eigenvalue weighted by atomic mass is 10.3. The molecule has 1 saturated carbocycles. The topological polar surface area (TPSA) is 84.2 Å². The molecule has 1 aliphatic rings. The zero-order chi connectivity index (χ0) is 15.9. The van der Waals surface area contributed by atoms with E-state index in [1.165, 1.54) is 6.07 Å². The summed E-state index contributed by atoms with van der Waals surface area (Å²) in [7, 11) is 1.80. The van der Waals surface area contributed by atoms with Crippen LogP contribution in [0.1, 0.15) is 12.2 Å². The molecule has 1 fully saturated rings. The predicted octanol–water partition coefficient (Wildman–Crippen LogP) is 1.09. The molecular formula is C15H16FN3O3. The normalized spacial score (nSPS) is 20.1. The van der Waals surface area contributed by atoms with E-state index in [-0.39, 0.29) is 11.7 Å². The molecule has 2 atom stereocenters. The third-order valence-corrected chi connectivity index (χ3v) is 4.05. The van der Waals surface area contributed by atoms with E-state index in [1.807, 2.05) is 0 Å². The fraction of sp³-hybridized carbons (Fsp3) is 0.400. The fourth-order valence-electron chi connectivity index (χ4n) is 2.64. The summed E-state index contributed by atoms with van der Waals surface area (Å²) in [5, 5.41) is 11.5. The van der Waals surface area contributed by atoms with Gasteiger partial charge in [0.1, 0.15) is 11.3 Å². The van der Waals surface area contributed by atoms with Crippen LogP contribution in [0.3, 0.4) is 0 Å². The standard InChI is InChI=1S/C15H16FN3O3/c1-19-11-4-2-3-10(16)13(11)18-12(19)5-6-17-14(20)8-7-9(8)15(21)22/h2-4,8-9H,5-7H2,1H3,(H,17,20)(H,21,22). The lowest BCUT2D eigenvalue weighted by molar-refractivity contribution is -0.140. The molecule has 0 aliphatic heterocycles. The number of carbonyl (C=O) groups excluding carboxylic acids is 1. The van der Waals surface area contributed by atoms with Crippen LogP contribution in [0.15, 0.2) is 18.2 Å². The monoisotopic (exact) mass is 305 g/mol. The molecule has 7 heteroatoms. The Morgan fingerprint density at radius 2 is 2.23 bits per heavy atom. The summed E-state index contributed by atoms with van der Waals surface area (Å²) in [6.45, 7) is 0.348. The zero-order valence-electron chi connectivity index (χ0n) is 12.0. The minimum absolute atomic E-state index is 0.239. The van der Waals surface area contributed by atoms with Gasteiger partial charge in [0, 0.05) is 20.0 Å². The Labute approximate surface area is 125 Å². The highest BCUT2D eigenvalue weighted by molar-refractivity contribution is 5.89. The molecule has 2 aromatic rings. The average Bonchev–Trinajstić information content (AvgIpc) is 3.22. The van der Waals surface area contributed by atoms with E-state index < -0.39 is 17.8 Å². The van der Waals surface area contributed by atoms with Crippen molar-refractivity contribution in [1.29, 1.82) is 0 Å². The number of carbonyl (C=O) groups is 2. The first-order valence-corrected chi connectivity index (χ1v) is 7.09. The summed E-state index contributed by atoms with van der Waals surface area (Å²) in [5.41, 5.74) is 1.02. The number of imidazole rings is 1. The van der Waals surface area contributed by atoms with Gasteiger partial charge in [0.15, 0.2) is 5.82 Å². The number of carboxylic acid groups (broad SMARTS) is 1. The van der Waals surface area contributed by atoms with Gasteiger partial charge in [-0.1, -0.05) is 6.07 Å². The molecule has 1 amide bonds. The Morgan fingerprint density at radius 3 is 2.86 bits per heavy atom. The van der Waals surface area contributed by atoms with Crippen molar-refractivity contribution in [3.05, 3.63) is 29.8 Å². The molecular weight excluding hydrogens is 289 g/mol. The number of carboxylic acids is 1. The largest absolute Gasteiger partial charge is 0.481 e. The second-order valence-electron chi connectivity index (χ2n) is 5.52. The average molecular weight is 305 g/mol. The number of rotatable bonds is 5. The van der Waals surface area contributed by atoms with E-state index >= 15 is 0 Å². The number of hydrogen-bond donors (Lipinski definition) is 2.